The summed E-state index contributed by atoms with van der Waals surface area (Å²) in [5, 5.41) is 12.1. The topological polar surface area (TPSA) is 101 Å². The Morgan fingerprint density at radius 1 is 1.32 bits per heavy atom. The third kappa shape index (κ3) is 4.93. The summed E-state index contributed by atoms with van der Waals surface area (Å²) in [6.07, 6.45) is 1.57. The van der Waals surface area contributed by atoms with Gasteiger partial charge in [0.1, 0.15) is 0 Å². The molecule has 132 valence electrons. The van der Waals surface area contributed by atoms with Gasteiger partial charge in [0, 0.05) is 18.8 Å². The van der Waals surface area contributed by atoms with Crippen molar-refractivity contribution in [2.75, 3.05) is 24.2 Å². The van der Waals surface area contributed by atoms with E-state index in [1.807, 2.05) is 30.3 Å². The summed E-state index contributed by atoms with van der Waals surface area (Å²) in [4.78, 5) is 25.4. The maximum absolute atomic E-state index is 12.3. The number of thioether (sulfide) groups is 1. The Kier molecular flexibility index (Phi) is 5.87. The zero-order valence-electron chi connectivity index (χ0n) is 13.6. The Balaban J connectivity index is 1.50. The highest BCUT2D eigenvalue weighted by Crippen LogP contribution is 2.28. The van der Waals surface area contributed by atoms with Gasteiger partial charge in [-0.05, 0) is 25.0 Å². The molecule has 0 unspecified atom stereocenters. The first-order valence-corrected chi connectivity index (χ1v) is 9.77. The SMILES string of the molecule is NC(=O)[C@@H]1CCCN(C(=O)CSc2nnc(Nc3ccccc3)s2)C1. The molecule has 9 heteroatoms. The lowest BCUT2D eigenvalue weighted by atomic mass is 9.97. The van der Waals surface area contributed by atoms with Gasteiger partial charge < -0.3 is 16.0 Å². The van der Waals surface area contributed by atoms with Gasteiger partial charge in [-0.3, -0.25) is 9.59 Å². The van der Waals surface area contributed by atoms with Crippen molar-refractivity contribution in [3.63, 3.8) is 0 Å². The van der Waals surface area contributed by atoms with E-state index in [-0.39, 0.29) is 23.5 Å². The Bertz CT molecular complexity index is 737. The smallest absolute Gasteiger partial charge is 0.233 e. The van der Waals surface area contributed by atoms with E-state index in [1.165, 1.54) is 23.1 Å². The van der Waals surface area contributed by atoms with E-state index in [1.54, 1.807) is 4.90 Å². The number of hydrogen-bond donors (Lipinski definition) is 2. The van der Waals surface area contributed by atoms with Crippen molar-refractivity contribution in [2.45, 2.75) is 17.2 Å². The van der Waals surface area contributed by atoms with Crippen LogP contribution in [-0.2, 0) is 9.59 Å². The van der Waals surface area contributed by atoms with Crippen LogP contribution in [0.15, 0.2) is 34.7 Å². The van der Waals surface area contributed by atoms with E-state index in [0.29, 0.717) is 18.2 Å². The van der Waals surface area contributed by atoms with Crippen LogP contribution < -0.4 is 11.1 Å². The van der Waals surface area contributed by atoms with Gasteiger partial charge in [0.05, 0.1) is 11.7 Å². The molecule has 1 aromatic heterocycles. The molecule has 3 N–H and O–H groups in total. The molecule has 0 aliphatic carbocycles. The monoisotopic (exact) mass is 377 g/mol. The molecule has 0 spiro atoms. The molecule has 1 fully saturated rings. The molecule has 2 heterocycles. The first kappa shape index (κ1) is 17.7. The van der Waals surface area contributed by atoms with Crippen LogP contribution in [0.4, 0.5) is 10.8 Å². The first-order valence-electron chi connectivity index (χ1n) is 7.97. The van der Waals surface area contributed by atoms with Gasteiger partial charge in [0.15, 0.2) is 4.34 Å². The van der Waals surface area contributed by atoms with E-state index in [0.717, 1.165) is 22.9 Å². The molecule has 1 aliphatic heterocycles. The van der Waals surface area contributed by atoms with Crippen LogP contribution in [0.3, 0.4) is 0 Å². The van der Waals surface area contributed by atoms with Gasteiger partial charge in [0.25, 0.3) is 0 Å². The molecular weight excluding hydrogens is 358 g/mol. The molecule has 0 saturated carbocycles. The molecular formula is C16H19N5O2S2. The minimum absolute atomic E-state index is 0.00344. The summed E-state index contributed by atoms with van der Waals surface area (Å²) in [7, 11) is 0. The van der Waals surface area contributed by atoms with E-state index in [2.05, 4.69) is 15.5 Å². The largest absolute Gasteiger partial charge is 0.369 e. The third-order valence-corrected chi connectivity index (χ3v) is 5.88. The van der Waals surface area contributed by atoms with Gasteiger partial charge in [0.2, 0.25) is 16.9 Å². The normalized spacial score (nSPS) is 17.3. The highest BCUT2D eigenvalue weighted by atomic mass is 32.2. The van der Waals surface area contributed by atoms with Crippen molar-refractivity contribution in [2.24, 2.45) is 11.7 Å². The molecule has 0 radical (unpaired) electrons. The predicted molar refractivity (Wildman–Crippen MR) is 98.9 cm³/mol. The van der Waals surface area contributed by atoms with Crippen molar-refractivity contribution >= 4 is 45.7 Å². The Morgan fingerprint density at radius 3 is 2.88 bits per heavy atom. The van der Waals surface area contributed by atoms with E-state index in [4.69, 9.17) is 5.73 Å². The Labute approximate surface area is 154 Å². The molecule has 7 nitrogen and oxygen atoms in total. The standard InChI is InChI=1S/C16H19N5O2S2/c17-14(23)11-5-4-8-21(9-11)13(22)10-24-16-20-19-15(25-16)18-12-6-2-1-3-7-12/h1-3,6-7,11H,4-5,8-10H2,(H2,17,23)(H,18,19)/t11-/m1/s1. The van der Waals surface area contributed by atoms with Crippen LogP contribution in [0, 0.1) is 5.92 Å². The third-order valence-electron chi connectivity index (χ3n) is 3.93. The Hall–Kier alpha value is -2.13. The number of amides is 2. The number of hydrogen-bond acceptors (Lipinski definition) is 7. The van der Waals surface area contributed by atoms with Crippen molar-refractivity contribution in [3.8, 4) is 0 Å². The van der Waals surface area contributed by atoms with Crippen LogP contribution in [0.5, 0.6) is 0 Å². The second-order valence-electron chi connectivity index (χ2n) is 5.73. The lowest BCUT2D eigenvalue weighted by Crippen LogP contribution is -2.44. The number of benzene rings is 1. The molecule has 0 bridgehead atoms. The summed E-state index contributed by atoms with van der Waals surface area (Å²) in [5.74, 6) is -0.272. The highest BCUT2D eigenvalue weighted by Gasteiger charge is 2.27. The number of nitrogens with zero attached hydrogens (tertiary/aromatic N) is 3. The van der Waals surface area contributed by atoms with Crippen molar-refractivity contribution in [1.82, 2.24) is 15.1 Å². The van der Waals surface area contributed by atoms with Gasteiger partial charge in [-0.1, -0.05) is 41.3 Å². The lowest BCUT2D eigenvalue weighted by molar-refractivity contribution is -0.132. The van der Waals surface area contributed by atoms with Crippen molar-refractivity contribution < 1.29 is 9.59 Å². The van der Waals surface area contributed by atoms with Gasteiger partial charge in [-0.2, -0.15) is 0 Å². The number of piperidine rings is 1. The van der Waals surface area contributed by atoms with Gasteiger partial charge in [-0.25, -0.2) is 0 Å². The molecule has 25 heavy (non-hydrogen) atoms. The van der Waals surface area contributed by atoms with E-state index in [9.17, 15) is 9.59 Å². The van der Waals surface area contributed by atoms with Crippen LogP contribution >= 0.6 is 23.1 Å². The predicted octanol–water partition coefficient (Wildman–Crippen LogP) is 2.10. The summed E-state index contributed by atoms with van der Waals surface area (Å²) in [6, 6.07) is 9.72. The number of para-hydroxylation sites is 1. The summed E-state index contributed by atoms with van der Waals surface area (Å²) in [5.41, 5.74) is 6.30. The molecule has 1 aromatic carbocycles. The fourth-order valence-electron chi connectivity index (χ4n) is 2.61. The molecule has 2 amide bonds. The number of aromatic nitrogens is 2. The zero-order valence-corrected chi connectivity index (χ0v) is 15.2. The molecule has 3 rings (SSSR count). The maximum Gasteiger partial charge on any atom is 0.233 e. The van der Waals surface area contributed by atoms with Crippen LogP contribution in [0.25, 0.3) is 0 Å². The fraction of sp³-hybridized carbons (Fsp3) is 0.375. The summed E-state index contributed by atoms with van der Waals surface area (Å²) >= 11 is 2.77. The van der Waals surface area contributed by atoms with Crippen LogP contribution in [-0.4, -0.2) is 45.8 Å². The maximum atomic E-state index is 12.3. The van der Waals surface area contributed by atoms with Gasteiger partial charge >= 0.3 is 0 Å². The number of carbonyl (C=O) groups is 2. The highest BCUT2D eigenvalue weighted by molar-refractivity contribution is 8.01. The number of anilines is 2. The Morgan fingerprint density at radius 2 is 2.12 bits per heavy atom. The number of carbonyl (C=O) groups excluding carboxylic acids is 2. The molecule has 1 atom stereocenters. The van der Waals surface area contributed by atoms with Crippen molar-refractivity contribution in [3.05, 3.63) is 30.3 Å². The summed E-state index contributed by atoms with van der Waals surface area (Å²) in [6.45, 7) is 1.10. The lowest BCUT2D eigenvalue weighted by Gasteiger charge is -2.31. The molecule has 1 aliphatic rings. The van der Waals surface area contributed by atoms with E-state index >= 15 is 0 Å². The average Bonchev–Trinajstić information content (AvgIpc) is 3.08. The van der Waals surface area contributed by atoms with E-state index < -0.39 is 0 Å². The van der Waals surface area contributed by atoms with Crippen molar-refractivity contribution in [1.29, 1.82) is 0 Å². The molecule has 1 saturated heterocycles. The minimum Gasteiger partial charge on any atom is -0.369 e. The number of rotatable bonds is 6. The average molecular weight is 377 g/mol. The van der Waals surface area contributed by atoms with Crippen LogP contribution in [0.1, 0.15) is 12.8 Å². The first-order chi connectivity index (χ1) is 12.1. The quantitative estimate of drug-likeness (QED) is 0.748. The van der Waals surface area contributed by atoms with Crippen LogP contribution in [0.2, 0.25) is 0 Å². The summed E-state index contributed by atoms with van der Waals surface area (Å²) < 4.78 is 0.732. The second-order valence-corrected chi connectivity index (χ2v) is 7.93. The fourth-order valence-corrected chi connectivity index (χ4v) is 4.29. The number of primary amides is 1. The number of likely N-dealkylation sites (tertiary alicyclic amines) is 1. The minimum atomic E-state index is -0.328. The molecule has 2 aromatic rings. The number of nitrogens with one attached hydrogen (secondary N) is 1. The van der Waals surface area contributed by atoms with Gasteiger partial charge in [-0.15, -0.1) is 10.2 Å². The number of nitrogens with two attached hydrogens (primary N) is 1. The zero-order chi connectivity index (χ0) is 17.6. The second kappa shape index (κ2) is 8.30.